The van der Waals surface area contributed by atoms with Crippen LogP contribution in [-0.4, -0.2) is 28.1 Å². The second kappa shape index (κ2) is 7.89. The molecule has 3 aromatic rings. The van der Waals surface area contributed by atoms with Gasteiger partial charge in [0.15, 0.2) is 0 Å². The van der Waals surface area contributed by atoms with E-state index in [0.29, 0.717) is 13.1 Å². The van der Waals surface area contributed by atoms with E-state index in [1.165, 1.54) is 11.3 Å². The largest absolute Gasteiger partial charge is 0.345 e. The standard InChI is InChI=1S/C16H16N4O2S2/c21-15(17-9-13-3-1-7-24-13)16(22)18-10-14(12-4-8-23-11-12)20-6-2-5-19-20/h1-8,11,14H,9-10H2,(H,17,21)(H,18,22)/t14-/m0/s1. The van der Waals surface area contributed by atoms with Crippen molar-refractivity contribution in [3.63, 3.8) is 0 Å². The van der Waals surface area contributed by atoms with Crippen LogP contribution in [0.4, 0.5) is 0 Å². The fourth-order valence-electron chi connectivity index (χ4n) is 2.22. The SMILES string of the molecule is O=C(NCc1cccs1)C(=O)NC[C@@H](c1ccsc1)n1cccn1. The molecule has 124 valence electrons. The van der Waals surface area contributed by atoms with E-state index in [2.05, 4.69) is 15.7 Å². The summed E-state index contributed by atoms with van der Waals surface area (Å²) in [5.74, 6) is -1.27. The topological polar surface area (TPSA) is 76.0 Å². The van der Waals surface area contributed by atoms with E-state index in [1.807, 2.05) is 46.6 Å². The van der Waals surface area contributed by atoms with Crippen LogP contribution in [0.1, 0.15) is 16.5 Å². The molecule has 0 aromatic carbocycles. The molecular weight excluding hydrogens is 344 g/mol. The van der Waals surface area contributed by atoms with Gasteiger partial charge >= 0.3 is 11.8 Å². The summed E-state index contributed by atoms with van der Waals surface area (Å²) in [6, 6.07) is 7.49. The maximum Gasteiger partial charge on any atom is 0.309 e. The molecule has 2 N–H and O–H groups in total. The minimum Gasteiger partial charge on any atom is -0.345 e. The molecule has 0 saturated carbocycles. The predicted molar refractivity (Wildman–Crippen MR) is 93.9 cm³/mol. The number of carbonyl (C=O) groups is 2. The van der Waals surface area contributed by atoms with E-state index < -0.39 is 11.8 Å². The molecule has 3 rings (SSSR count). The molecule has 0 fully saturated rings. The molecule has 0 aliphatic rings. The Morgan fingerprint density at radius 2 is 2.04 bits per heavy atom. The van der Waals surface area contributed by atoms with Gasteiger partial charge in [-0.15, -0.1) is 11.3 Å². The molecule has 6 nitrogen and oxygen atoms in total. The van der Waals surface area contributed by atoms with Crippen molar-refractivity contribution >= 4 is 34.5 Å². The van der Waals surface area contributed by atoms with Crippen LogP contribution in [0.3, 0.4) is 0 Å². The Morgan fingerprint density at radius 3 is 2.71 bits per heavy atom. The lowest BCUT2D eigenvalue weighted by molar-refractivity contribution is -0.139. The van der Waals surface area contributed by atoms with Crippen molar-refractivity contribution in [3.8, 4) is 0 Å². The molecule has 3 heterocycles. The molecular formula is C16H16N4O2S2. The minimum absolute atomic E-state index is 0.139. The van der Waals surface area contributed by atoms with Gasteiger partial charge in [0.2, 0.25) is 0 Å². The van der Waals surface area contributed by atoms with Gasteiger partial charge in [0.1, 0.15) is 0 Å². The summed E-state index contributed by atoms with van der Waals surface area (Å²) < 4.78 is 1.77. The van der Waals surface area contributed by atoms with Crippen molar-refractivity contribution in [2.45, 2.75) is 12.6 Å². The molecule has 24 heavy (non-hydrogen) atoms. The quantitative estimate of drug-likeness (QED) is 0.661. The molecule has 0 bridgehead atoms. The molecule has 0 saturated heterocycles. The lowest BCUT2D eigenvalue weighted by atomic mass is 10.1. The van der Waals surface area contributed by atoms with Crippen LogP contribution >= 0.6 is 22.7 Å². The van der Waals surface area contributed by atoms with Crippen molar-refractivity contribution in [1.82, 2.24) is 20.4 Å². The van der Waals surface area contributed by atoms with Crippen molar-refractivity contribution < 1.29 is 9.59 Å². The van der Waals surface area contributed by atoms with Gasteiger partial charge in [-0.2, -0.15) is 16.4 Å². The zero-order chi connectivity index (χ0) is 16.8. The Hall–Kier alpha value is -2.45. The number of aromatic nitrogens is 2. The van der Waals surface area contributed by atoms with E-state index in [4.69, 9.17) is 0 Å². The molecule has 1 atom stereocenters. The number of nitrogens with one attached hydrogen (secondary N) is 2. The molecule has 0 unspecified atom stereocenters. The zero-order valence-electron chi connectivity index (χ0n) is 12.7. The highest BCUT2D eigenvalue weighted by molar-refractivity contribution is 7.09. The third-order valence-corrected chi connectivity index (χ3v) is 5.02. The maximum absolute atomic E-state index is 12.0. The Bertz CT molecular complexity index is 733. The minimum atomic E-state index is -0.640. The number of carbonyl (C=O) groups excluding carboxylic acids is 2. The van der Waals surface area contributed by atoms with Crippen molar-refractivity contribution in [3.05, 3.63) is 63.2 Å². The van der Waals surface area contributed by atoms with Crippen LogP contribution in [0.5, 0.6) is 0 Å². The molecule has 3 aromatic heterocycles. The lowest BCUT2D eigenvalue weighted by Gasteiger charge is -2.17. The normalized spacial score (nSPS) is 11.8. The van der Waals surface area contributed by atoms with Gasteiger partial charge in [0.25, 0.3) is 0 Å². The van der Waals surface area contributed by atoms with Gasteiger partial charge in [-0.3, -0.25) is 14.3 Å². The predicted octanol–water partition coefficient (Wildman–Crippen LogP) is 2.03. The van der Waals surface area contributed by atoms with Gasteiger partial charge in [-0.05, 0) is 39.9 Å². The van der Waals surface area contributed by atoms with Crippen LogP contribution in [0.2, 0.25) is 0 Å². The molecule has 0 aliphatic heterocycles. The molecule has 8 heteroatoms. The number of hydrogen-bond donors (Lipinski definition) is 2. The van der Waals surface area contributed by atoms with Crippen LogP contribution in [0, 0.1) is 0 Å². The monoisotopic (exact) mass is 360 g/mol. The van der Waals surface area contributed by atoms with E-state index in [1.54, 1.807) is 22.2 Å². The van der Waals surface area contributed by atoms with Crippen molar-refractivity contribution in [1.29, 1.82) is 0 Å². The van der Waals surface area contributed by atoms with Gasteiger partial charge in [-0.1, -0.05) is 6.07 Å². The molecule has 0 radical (unpaired) electrons. The van der Waals surface area contributed by atoms with E-state index in [9.17, 15) is 9.59 Å². The Labute approximate surface area is 147 Å². The zero-order valence-corrected chi connectivity index (χ0v) is 14.3. The van der Waals surface area contributed by atoms with Crippen LogP contribution in [-0.2, 0) is 16.1 Å². The summed E-state index contributed by atoms with van der Waals surface area (Å²) in [4.78, 5) is 24.9. The van der Waals surface area contributed by atoms with Gasteiger partial charge in [-0.25, -0.2) is 0 Å². The molecule has 2 amide bonds. The summed E-state index contributed by atoms with van der Waals surface area (Å²) in [7, 11) is 0. The van der Waals surface area contributed by atoms with Crippen molar-refractivity contribution in [2.75, 3.05) is 6.54 Å². The highest BCUT2D eigenvalue weighted by atomic mass is 32.1. The van der Waals surface area contributed by atoms with Crippen LogP contribution in [0.15, 0.2) is 52.8 Å². The van der Waals surface area contributed by atoms with Crippen LogP contribution < -0.4 is 10.6 Å². The highest BCUT2D eigenvalue weighted by Gasteiger charge is 2.19. The number of hydrogen-bond acceptors (Lipinski definition) is 5. The lowest BCUT2D eigenvalue weighted by Crippen LogP contribution is -2.41. The number of rotatable bonds is 6. The molecule has 0 aliphatic carbocycles. The van der Waals surface area contributed by atoms with E-state index in [0.717, 1.165) is 10.4 Å². The smallest absolute Gasteiger partial charge is 0.309 e. The van der Waals surface area contributed by atoms with Crippen LogP contribution in [0.25, 0.3) is 0 Å². The maximum atomic E-state index is 12.0. The average Bonchev–Trinajstić information content (AvgIpc) is 3.35. The second-order valence-corrected chi connectivity index (χ2v) is 6.84. The first-order valence-corrected chi connectivity index (χ1v) is 9.16. The first-order valence-electron chi connectivity index (χ1n) is 7.33. The Kier molecular flexibility index (Phi) is 5.39. The first-order chi connectivity index (χ1) is 11.7. The third-order valence-electron chi connectivity index (χ3n) is 3.44. The summed E-state index contributed by atoms with van der Waals surface area (Å²) >= 11 is 3.11. The van der Waals surface area contributed by atoms with Gasteiger partial charge < -0.3 is 10.6 Å². The fraction of sp³-hybridized carbons (Fsp3) is 0.188. The van der Waals surface area contributed by atoms with Gasteiger partial charge in [0.05, 0.1) is 12.6 Å². The summed E-state index contributed by atoms with van der Waals surface area (Å²) in [6.45, 7) is 0.653. The summed E-state index contributed by atoms with van der Waals surface area (Å²) in [5, 5.41) is 15.4. The third kappa shape index (κ3) is 4.09. The molecule has 0 spiro atoms. The second-order valence-electron chi connectivity index (χ2n) is 5.03. The summed E-state index contributed by atoms with van der Waals surface area (Å²) in [6.07, 6.45) is 3.53. The summed E-state index contributed by atoms with van der Waals surface area (Å²) in [5.41, 5.74) is 1.04. The van der Waals surface area contributed by atoms with E-state index in [-0.39, 0.29) is 6.04 Å². The van der Waals surface area contributed by atoms with Crippen molar-refractivity contribution in [2.24, 2.45) is 0 Å². The average molecular weight is 360 g/mol. The Balaban J connectivity index is 1.56. The first kappa shape index (κ1) is 16.4. The fourth-order valence-corrected chi connectivity index (χ4v) is 3.58. The highest BCUT2D eigenvalue weighted by Crippen LogP contribution is 2.19. The number of nitrogens with zero attached hydrogens (tertiary/aromatic N) is 2. The van der Waals surface area contributed by atoms with Gasteiger partial charge in [0, 0.05) is 23.8 Å². The van der Waals surface area contributed by atoms with E-state index >= 15 is 0 Å². The number of thiophene rings is 2. The number of amides is 2. The Morgan fingerprint density at radius 1 is 1.17 bits per heavy atom.